The summed E-state index contributed by atoms with van der Waals surface area (Å²) in [6, 6.07) is 10.9. The summed E-state index contributed by atoms with van der Waals surface area (Å²) in [5.74, 6) is 0. The number of nitro benzene ring substituents is 1. The van der Waals surface area contributed by atoms with Crippen LogP contribution < -0.4 is 4.72 Å². The standard InChI is InChI=1S/C15H16N2O4S/c1-3-12-5-4-6-13(9-12)16-22(20,21)14-8-7-11(2)15(10-14)17(18)19/h4-10,16H,3H2,1-2H3. The van der Waals surface area contributed by atoms with Gasteiger partial charge in [0.1, 0.15) is 0 Å². The second kappa shape index (κ2) is 6.15. The normalized spacial score (nSPS) is 11.2. The van der Waals surface area contributed by atoms with Crippen molar-refractivity contribution in [3.63, 3.8) is 0 Å². The number of nitro groups is 1. The molecule has 0 amide bonds. The molecule has 0 fully saturated rings. The minimum atomic E-state index is -3.87. The van der Waals surface area contributed by atoms with Gasteiger partial charge in [-0.05, 0) is 37.1 Å². The number of rotatable bonds is 5. The molecule has 0 atom stereocenters. The second-order valence-electron chi connectivity index (χ2n) is 4.86. The van der Waals surface area contributed by atoms with Gasteiger partial charge >= 0.3 is 0 Å². The molecule has 2 aromatic rings. The van der Waals surface area contributed by atoms with E-state index in [2.05, 4.69) is 4.72 Å². The summed E-state index contributed by atoms with van der Waals surface area (Å²) < 4.78 is 27.2. The average molecular weight is 320 g/mol. The van der Waals surface area contributed by atoms with Crippen LogP contribution in [0.25, 0.3) is 0 Å². The van der Waals surface area contributed by atoms with Gasteiger partial charge in [0.25, 0.3) is 15.7 Å². The Labute approximate surface area is 129 Å². The van der Waals surface area contributed by atoms with E-state index in [-0.39, 0.29) is 10.6 Å². The van der Waals surface area contributed by atoms with Crippen molar-refractivity contribution in [2.45, 2.75) is 25.2 Å². The zero-order chi connectivity index (χ0) is 16.3. The molecule has 0 aliphatic heterocycles. The van der Waals surface area contributed by atoms with Crippen molar-refractivity contribution < 1.29 is 13.3 Å². The van der Waals surface area contributed by atoms with Crippen molar-refractivity contribution in [2.75, 3.05) is 4.72 Å². The summed E-state index contributed by atoms with van der Waals surface area (Å²) in [5, 5.41) is 10.9. The first-order valence-corrected chi connectivity index (χ1v) is 8.18. The van der Waals surface area contributed by atoms with Gasteiger partial charge in [0.05, 0.1) is 9.82 Å². The molecule has 0 spiro atoms. The van der Waals surface area contributed by atoms with Crippen molar-refractivity contribution >= 4 is 21.4 Å². The first-order valence-electron chi connectivity index (χ1n) is 6.70. The van der Waals surface area contributed by atoms with Crippen LogP contribution in [0.3, 0.4) is 0 Å². The number of hydrogen-bond acceptors (Lipinski definition) is 4. The van der Waals surface area contributed by atoms with Gasteiger partial charge in [-0.1, -0.05) is 25.1 Å². The van der Waals surface area contributed by atoms with E-state index in [4.69, 9.17) is 0 Å². The van der Waals surface area contributed by atoms with E-state index >= 15 is 0 Å². The predicted molar refractivity (Wildman–Crippen MR) is 84.5 cm³/mol. The highest BCUT2D eigenvalue weighted by Crippen LogP contribution is 2.24. The van der Waals surface area contributed by atoms with Gasteiger partial charge in [-0.25, -0.2) is 8.42 Å². The number of nitrogens with zero attached hydrogens (tertiary/aromatic N) is 1. The third-order valence-corrected chi connectivity index (χ3v) is 4.65. The lowest BCUT2D eigenvalue weighted by Gasteiger charge is -2.09. The fraction of sp³-hybridized carbons (Fsp3) is 0.200. The zero-order valence-electron chi connectivity index (χ0n) is 12.2. The molecule has 0 aliphatic rings. The van der Waals surface area contributed by atoms with Crippen LogP contribution in [0.4, 0.5) is 11.4 Å². The topological polar surface area (TPSA) is 89.3 Å². The number of hydrogen-bond donors (Lipinski definition) is 1. The number of anilines is 1. The lowest BCUT2D eigenvalue weighted by molar-refractivity contribution is -0.385. The number of aryl methyl sites for hydroxylation is 2. The van der Waals surface area contributed by atoms with E-state index in [9.17, 15) is 18.5 Å². The molecule has 0 bridgehead atoms. The molecule has 0 unspecified atom stereocenters. The Morgan fingerprint density at radius 3 is 2.55 bits per heavy atom. The van der Waals surface area contributed by atoms with Crippen molar-refractivity contribution in [3.05, 3.63) is 63.7 Å². The monoisotopic (exact) mass is 320 g/mol. The minimum Gasteiger partial charge on any atom is -0.280 e. The molecule has 22 heavy (non-hydrogen) atoms. The highest BCUT2D eigenvalue weighted by atomic mass is 32.2. The fourth-order valence-electron chi connectivity index (χ4n) is 2.02. The Hall–Kier alpha value is -2.41. The van der Waals surface area contributed by atoms with Crippen LogP contribution >= 0.6 is 0 Å². The first-order chi connectivity index (χ1) is 10.3. The molecule has 0 aliphatic carbocycles. The van der Waals surface area contributed by atoms with Gasteiger partial charge in [0, 0.05) is 17.3 Å². The molecule has 1 N–H and O–H groups in total. The average Bonchev–Trinajstić information content (AvgIpc) is 2.46. The highest BCUT2D eigenvalue weighted by Gasteiger charge is 2.19. The molecule has 0 heterocycles. The summed E-state index contributed by atoms with van der Waals surface area (Å²) in [5.41, 5.74) is 1.62. The fourth-order valence-corrected chi connectivity index (χ4v) is 3.09. The van der Waals surface area contributed by atoms with E-state index in [1.54, 1.807) is 25.1 Å². The molecule has 116 valence electrons. The molecule has 6 nitrogen and oxygen atoms in total. The molecule has 0 radical (unpaired) electrons. The maximum absolute atomic E-state index is 12.4. The van der Waals surface area contributed by atoms with Gasteiger partial charge in [-0.2, -0.15) is 0 Å². The van der Waals surface area contributed by atoms with Crippen LogP contribution in [0.2, 0.25) is 0 Å². The minimum absolute atomic E-state index is 0.133. The van der Waals surface area contributed by atoms with E-state index in [1.165, 1.54) is 12.1 Å². The van der Waals surface area contributed by atoms with Crippen molar-refractivity contribution in [1.29, 1.82) is 0 Å². The largest absolute Gasteiger partial charge is 0.280 e. The second-order valence-corrected chi connectivity index (χ2v) is 6.55. The Morgan fingerprint density at radius 2 is 1.91 bits per heavy atom. The number of benzene rings is 2. The zero-order valence-corrected chi connectivity index (χ0v) is 13.1. The Bertz CT molecular complexity index is 816. The van der Waals surface area contributed by atoms with Crippen molar-refractivity contribution in [1.82, 2.24) is 0 Å². The Morgan fingerprint density at radius 1 is 1.18 bits per heavy atom. The highest BCUT2D eigenvalue weighted by molar-refractivity contribution is 7.92. The van der Waals surface area contributed by atoms with Crippen molar-refractivity contribution in [2.24, 2.45) is 0 Å². The molecule has 7 heteroatoms. The van der Waals surface area contributed by atoms with Gasteiger partial charge in [-0.3, -0.25) is 14.8 Å². The summed E-state index contributed by atoms with van der Waals surface area (Å²) in [7, 11) is -3.87. The van der Waals surface area contributed by atoms with E-state index in [0.29, 0.717) is 11.3 Å². The van der Waals surface area contributed by atoms with E-state index in [0.717, 1.165) is 18.1 Å². The number of nitrogens with one attached hydrogen (secondary N) is 1. The van der Waals surface area contributed by atoms with Gasteiger partial charge in [-0.15, -0.1) is 0 Å². The van der Waals surface area contributed by atoms with Crippen LogP contribution in [0.1, 0.15) is 18.1 Å². The molecule has 0 saturated heterocycles. The quantitative estimate of drug-likeness (QED) is 0.676. The first kappa shape index (κ1) is 16.0. The van der Waals surface area contributed by atoms with Crippen LogP contribution in [-0.4, -0.2) is 13.3 Å². The lowest BCUT2D eigenvalue weighted by atomic mass is 10.1. The Kier molecular flexibility index (Phi) is 4.46. The third-order valence-electron chi connectivity index (χ3n) is 3.28. The van der Waals surface area contributed by atoms with Gasteiger partial charge in [0.15, 0.2) is 0 Å². The van der Waals surface area contributed by atoms with Crippen LogP contribution in [0, 0.1) is 17.0 Å². The third kappa shape index (κ3) is 3.43. The van der Waals surface area contributed by atoms with Crippen molar-refractivity contribution in [3.8, 4) is 0 Å². The molecular weight excluding hydrogens is 304 g/mol. The Balaban J connectivity index is 2.38. The van der Waals surface area contributed by atoms with E-state index < -0.39 is 14.9 Å². The smallest absolute Gasteiger partial charge is 0.273 e. The summed E-state index contributed by atoms with van der Waals surface area (Å²) in [6.45, 7) is 3.53. The molecular formula is C15H16N2O4S. The number of sulfonamides is 1. The molecule has 2 aromatic carbocycles. The van der Waals surface area contributed by atoms with E-state index in [1.807, 2.05) is 13.0 Å². The molecule has 0 aromatic heterocycles. The summed E-state index contributed by atoms with van der Waals surface area (Å²) in [4.78, 5) is 10.2. The van der Waals surface area contributed by atoms with Gasteiger partial charge < -0.3 is 0 Å². The van der Waals surface area contributed by atoms with Gasteiger partial charge in [0.2, 0.25) is 0 Å². The maximum Gasteiger partial charge on any atom is 0.273 e. The predicted octanol–water partition coefficient (Wildman–Crippen LogP) is 3.27. The summed E-state index contributed by atoms with van der Waals surface area (Å²) in [6.07, 6.45) is 0.783. The molecule has 0 saturated carbocycles. The molecule has 2 rings (SSSR count). The van der Waals surface area contributed by atoms with Crippen LogP contribution in [-0.2, 0) is 16.4 Å². The van der Waals surface area contributed by atoms with Crippen LogP contribution in [0.5, 0.6) is 0 Å². The van der Waals surface area contributed by atoms with Crippen LogP contribution in [0.15, 0.2) is 47.4 Å². The SMILES string of the molecule is CCc1cccc(NS(=O)(=O)c2ccc(C)c([N+](=O)[O-])c2)c1. The summed E-state index contributed by atoms with van der Waals surface area (Å²) >= 11 is 0. The lowest BCUT2D eigenvalue weighted by Crippen LogP contribution is -2.13. The maximum atomic E-state index is 12.4.